The van der Waals surface area contributed by atoms with E-state index in [0.29, 0.717) is 17.8 Å². The number of piperidine rings is 1. The van der Waals surface area contributed by atoms with Gasteiger partial charge in [-0.2, -0.15) is 0 Å². The quantitative estimate of drug-likeness (QED) is 0.713. The molecule has 1 atom stereocenters. The lowest BCUT2D eigenvalue weighted by atomic mass is 9.87. The van der Waals surface area contributed by atoms with Gasteiger partial charge in [-0.3, -0.25) is 9.80 Å². The second-order valence-electron chi connectivity index (χ2n) is 9.08. The van der Waals surface area contributed by atoms with Gasteiger partial charge in [-0.05, 0) is 93.6 Å². The van der Waals surface area contributed by atoms with E-state index in [0.717, 1.165) is 38.3 Å². The molecule has 0 amide bonds. The number of benzene rings is 2. The molecule has 0 radical (unpaired) electrons. The molecular weight excluding hydrogens is 372 g/mol. The molecule has 2 aliphatic rings. The Balaban J connectivity index is 1.39. The van der Waals surface area contributed by atoms with E-state index in [1.54, 1.807) is 0 Å². The van der Waals surface area contributed by atoms with Gasteiger partial charge in [0.2, 0.25) is 0 Å². The molecule has 2 aromatic carbocycles. The van der Waals surface area contributed by atoms with E-state index in [-0.39, 0.29) is 0 Å². The Kier molecular flexibility index (Phi) is 6.96. The first kappa shape index (κ1) is 21.2. The number of phenols is 1. The Labute approximate surface area is 181 Å². The summed E-state index contributed by atoms with van der Waals surface area (Å²) in [7, 11) is 0. The van der Waals surface area contributed by atoms with Crippen LogP contribution in [0.2, 0.25) is 0 Å². The molecular formula is C26H36N2O2. The molecule has 2 aromatic rings. The highest BCUT2D eigenvalue weighted by Crippen LogP contribution is 2.35. The summed E-state index contributed by atoms with van der Waals surface area (Å²) >= 11 is 0. The minimum Gasteiger partial charge on any atom is -0.508 e. The number of phenolic OH excluding ortho intramolecular Hbond substituents is 1. The number of ether oxygens (including phenoxy) is 1. The van der Waals surface area contributed by atoms with Gasteiger partial charge in [0, 0.05) is 25.2 Å². The third-order valence-corrected chi connectivity index (χ3v) is 6.67. The maximum atomic E-state index is 9.89. The minimum absolute atomic E-state index is 0.347. The summed E-state index contributed by atoms with van der Waals surface area (Å²) in [6.07, 6.45) is 6.00. The molecule has 2 heterocycles. The van der Waals surface area contributed by atoms with E-state index in [2.05, 4.69) is 54.0 Å². The Bertz CT molecular complexity index is 812. The molecule has 0 saturated carbocycles. The zero-order valence-electron chi connectivity index (χ0n) is 18.5. The zero-order chi connectivity index (χ0) is 20.9. The van der Waals surface area contributed by atoms with Crippen LogP contribution in [0.15, 0.2) is 42.5 Å². The molecule has 0 spiro atoms. The predicted octanol–water partition coefficient (Wildman–Crippen LogP) is 4.81. The van der Waals surface area contributed by atoms with Crippen molar-refractivity contribution < 1.29 is 9.84 Å². The van der Waals surface area contributed by atoms with E-state index in [9.17, 15) is 5.11 Å². The molecule has 162 valence electrons. The van der Waals surface area contributed by atoms with Gasteiger partial charge in [0.1, 0.15) is 18.1 Å². The summed E-state index contributed by atoms with van der Waals surface area (Å²) in [5, 5.41) is 9.89. The molecule has 4 rings (SSSR count). The summed E-state index contributed by atoms with van der Waals surface area (Å²) in [5.41, 5.74) is 3.97. The number of aromatic hydroxyl groups is 1. The molecule has 0 aliphatic carbocycles. The summed E-state index contributed by atoms with van der Waals surface area (Å²) in [6.45, 7) is 9.81. The van der Waals surface area contributed by atoms with Gasteiger partial charge in [0.05, 0.1) is 0 Å². The van der Waals surface area contributed by atoms with Crippen LogP contribution < -0.4 is 4.74 Å². The number of hydrogen-bond donors (Lipinski definition) is 1. The molecule has 4 nitrogen and oxygen atoms in total. The van der Waals surface area contributed by atoms with Gasteiger partial charge >= 0.3 is 0 Å². The average Bonchev–Trinajstić information content (AvgIpc) is 2.75. The topological polar surface area (TPSA) is 35.9 Å². The number of fused-ring (bicyclic) bond motifs is 1. The number of nitrogens with zero attached hydrogens (tertiary/aromatic N) is 2. The first-order valence-corrected chi connectivity index (χ1v) is 11.6. The van der Waals surface area contributed by atoms with Crippen LogP contribution in [0, 0.1) is 0 Å². The fraction of sp³-hybridized carbons (Fsp3) is 0.538. The molecule has 1 N–H and O–H groups in total. The Morgan fingerprint density at radius 1 is 1.00 bits per heavy atom. The van der Waals surface area contributed by atoms with E-state index in [1.807, 2.05) is 12.1 Å². The molecule has 1 saturated heterocycles. The average molecular weight is 409 g/mol. The third kappa shape index (κ3) is 5.16. The minimum atomic E-state index is 0.347. The van der Waals surface area contributed by atoms with Crippen LogP contribution >= 0.6 is 0 Å². The molecule has 0 bridgehead atoms. The molecule has 2 aliphatic heterocycles. The first-order chi connectivity index (χ1) is 14.6. The van der Waals surface area contributed by atoms with E-state index < -0.39 is 0 Å². The van der Waals surface area contributed by atoms with Crippen molar-refractivity contribution in [3.05, 3.63) is 59.2 Å². The van der Waals surface area contributed by atoms with Crippen molar-refractivity contribution in [2.45, 2.75) is 58.0 Å². The lowest BCUT2D eigenvalue weighted by Gasteiger charge is -2.40. The van der Waals surface area contributed by atoms with E-state index >= 15 is 0 Å². The van der Waals surface area contributed by atoms with Crippen molar-refractivity contribution in [1.82, 2.24) is 9.80 Å². The van der Waals surface area contributed by atoms with Gasteiger partial charge < -0.3 is 9.84 Å². The molecule has 1 unspecified atom stereocenters. The summed E-state index contributed by atoms with van der Waals surface area (Å²) in [4.78, 5) is 5.10. The normalized spacial score (nSPS) is 20.3. The van der Waals surface area contributed by atoms with Crippen molar-refractivity contribution >= 4 is 0 Å². The van der Waals surface area contributed by atoms with Gasteiger partial charge in [0.25, 0.3) is 0 Å². The Morgan fingerprint density at radius 3 is 2.50 bits per heavy atom. The van der Waals surface area contributed by atoms with Gasteiger partial charge in [0.15, 0.2) is 0 Å². The third-order valence-electron chi connectivity index (χ3n) is 6.67. The number of likely N-dealkylation sites (tertiary alicyclic amines) is 1. The van der Waals surface area contributed by atoms with Crippen molar-refractivity contribution in [2.75, 3.05) is 32.8 Å². The Morgan fingerprint density at radius 2 is 1.77 bits per heavy atom. The van der Waals surface area contributed by atoms with Crippen LogP contribution in [0.25, 0.3) is 0 Å². The zero-order valence-corrected chi connectivity index (χ0v) is 18.5. The molecule has 1 fully saturated rings. The maximum Gasteiger partial charge on any atom is 0.119 e. The molecule has 0 aromatic heterocycles. The molecule has 4 heteroatoms. The second kappa shape index (κ2) is 9.84. The highest BCUT2D eigenvalue weighted by molar-refractivity contribution is 5.40. The van der Waals surface area contributed by atoms with Crippen LogP contribution in [0.5, 0.6) is 11.5 Å². The van der Waals surface area contributed by atoms with Crippen molar-refractivity contribution in [2.24, 2.45) is 0 Å². The Hall–Kier alpha value is -2.04. The van der Waals surface area contributed by atoms with Crippen LogP contribution in [0.1, 0.15) is 55.8 Å². The van der Waals surface area contributed by atoms with Crippen molar-refractivity contribution in [1.29, 1.82) is 0 Å². The molecule has 30 heavy (non-hydrogen) atoms. The summed E-state index contributed by atoms with van der Waals surface area (Å²) < 4.78 is 6.00. The van der Waals surface area contributed by atoms with Crippen LogP contribution in [0.4, 0.5) is 0 Å². The van der Waals surface area contributed by atoms with Gasteiger partial charge in [-0.1, -0.05) is 24.6 Å². The highest BCUT2D eigenvalue weighted by atomic mass is 16.5. The largest absolute Gasteiger partial charge is 0.508 e. The van der Waals surface area contributed by atoms with Crippen LogP contribution in [-0.4, -0.2) is 53.7 Å². The van der Waals surface area contributed by atoms with Crippen LogP contribution in [-0.2, 0) is 12.8 Å². The predicted molar refractivity (Wildman–Crippen MR) is 122 cm³/mol. The van der Waals surface area contributed by atoms with E-state index in [4.69, 9.17) is 4.74 Å². The highest BCUT2D eigenvalue weighted by Gasteiger charge is 2.29. The fourth-order valence-corrected chi connectivity index (χ4v) is 4.98. The lowest BCUT2D eigenvalue weighted by molar-refractivity contribution is 0.141. The maximum absolute atomic E-state index is 9.89. The van der Waals surface area contributed by atoms with Crippen molar-refractivity contribution in [3.63, 3.8) is 0 Å². The van der Waals surface area contributed by atoms with Gasteiger partial charge in [-0.25, -0.2) is 0 Å². The lowest BCUT2D eigenvalue weighted by Crippen LogP contribution is -2.41. The SMILES string of the molecule is CC(C)N1CCc2cc(O)ccc2C1Cc1ccc(OCCN2CCCCC2)cc1. The standard InChI is InChI=1S/C26H36N2O2/c1-20(2)28-15-12-22-19-23(29)8-11-25(22)26(28)18-21-6-9-24(10-7-21)30-17-16-27-13-4-3-5-14-27/h6-11,19-20,26,29H,3-5,12-18H2,1-2H3. The summed E-state index contributed by atoms with van der Waals surface area (Å²) in [6, 6.07) is 15.4. The first-order valence-electron chi connectivity index (χ1n) is 11.6. The van der Waals surface area contributed by atoms with Gasteiger partial charge in [-0.15, -0.1) is 0 Å². The smallest absolute Gasteiger partial charge is 0.119 e. The fourth-order valence-electron chi connectivity index (χ4n) is 4.98. The second-order valence-corrected chi connectivity index (χ2v) is 9.08. The van der Waals surface area contributed by atoms with E-state index in [1.165, 1.54) is 49.0 Å². The van der Waals surface area contributed by atoms with Crippen molar-refractivity contribution in [3.8, 4) is 11.5 Å². The number of rotatable bonds is 7. The monoisotopic (exact) mass is 408 g/mol. The number of hydrogen-bond acceptors (Lipinski definition) is 4. The summed E-state index contributed by atoms with van der Waals surface area (Å²) in [5.74, 6) is 1.34. The van der Waals surface area contributed by atoms with Crippen LogP contribution in [0.3, 0.4) is 0 Å².